The third-order valence-corrected chi connectivity index (χ3v) is 1.43. The number of hydrogen-bond donors (Lipinski definition) is 0. The molecule has 72 valence electrons. The standard InChI is InChI=1S/C8H14N4O/c1-6(2)5-12-10-8(9-11-12)4-7(3)13/h6H,4-5H2,1-3H3. The third-order valence-electron chi connectivity index (χ3n) is 1.43. The van der Waals surface area contributed by atoms with Crippen molar-refractivity contribution in [2.45, 2.75) is 33.7 Å². The SMILES string of the molecule is CC(=O)Cc1nnn(CC(C)C)n1. The summed E-state index contributed by atoms with van der Waals surface area (Å²) in [5.41, 5.74) is 0. The van der Waals surface area contributed by atoms with Crippen molar-refractivity contribution >= 4 is 5.78 Å². The molecule has 0 aromatic carbocycles. The number of nitrogens with zero attached hydrogens (tertiary/aromatic N) is 4. The van der Waals surface area contributed by atoms with E-state index in [1.807, 2.05) is 0 Å². The molecule has 0 aliphatic heterocycles. The van der Waals surface area contributed by atoms with E-state index in [0.29, 0.717) is 11.7 Å². The number of tetrazole rings is 1. The van der Waals surface area contributed by atoms with Crippen LogP contribution in [0.25, 0.3) is 0 Å². The van der Waals surface area contributed by atoms with Crippen LogP contribution in [0.3, 0.4) is 0 Å². The molecule has 0 atom stereocenters. The zero-order chi connectivity index (χ0) is 9.84. The highest BCUT2D eigenvalue weighted by Crippen LogP contribution is 1.96. The molecule has 1 heterocycles. The number of ketones is 1. The normalized spacial score (nSPS) is 10.8. The van der Waals surface area contributed by atoms with Gasteiger partial charge in [0.2, 0.25) is 0 Å². The highest BCUT2D eigenvalue weighted by molar-refractivity contribution is 5.77. The number of aromatic nitrogens is 4. The van der Waals surface area contributed by atoms with Gasteiger partial charge in [-0.2, -0.15) is 4.80 Å². The summed E-state index contributed by atoms with van der Waals surface area (Å²) in [5, 5.41) is 11.7. The van der Waals surface area contributed by atoms with Crippen LogP contribution in [0.4, 0.5) is 0 Å². The molecule has 0 saturated carbocycles. The van der Waals surface area contributed by atoms with E-state index in [9.17, 15) is 4.79 Å². The van der Waals surface area contributed by atoms with Gasteiger partial charge in [0.25, 0.3) is 0 Å². The molecule has 0 aliphatic carbocycles. The fraction of sp³-hybridized carbons (Fsp3) is 0.750. The van der Waals surface area contributed by atoms with Crippen LogP contribution in [0.1, 0.15) is 26.6 Å². The van der Waals surface area contributed by atoms with E-state index in [1.54, 1.807) is 0 Å². The highest BCUT2D eigenvalue weighted by Gasteiger charge is 2.05. The van der Waals surface area contributed by atoms with Gasteiger partial charge in [0.1, 0.15) is 5.78 Å². The summed E-state index contributed by atoms with van der Waals surface area (Å²) < 4.78 is 0. The quantitative estimate of drug-likeness (QED) is 0.678. The van der Waals surface area contributed by atoms with Gasteiger partial charge in [-0.25, -0.2) is 0 Å². The van der Waals surface area contributed by atoms with Crippen molar-refractivity contribution in [3.63, 3.8) is 0 Å². The molecule has 0 N–H and O–H groups in total. The Balaban J connectivity index is 2.58. The van der Waals surface area contributed by atoms with E-state index < -0.39 is 0 Å². The topological polar surface area (TPSA) is 60.7 Å². The summed E-state index contributed by atoms with van der Waals surface area (Å²) in [6.45, 7) is 6.41. The summed E-state index contributed by atoms with van der Waals surface area (Å²) in [6.07, 6.45) is 0.276. The molecule has 0 fully saturated rings. The van der Waals surface area contributed by atoms with Crippen molar-refractivity contribution in [2.24, 2.45) is 5.92 Å². The zero-order valence-electron chi connectivity index (χ0n) is 8.19. The Labute approximate surface area is 77.1 Å². The minimum Gasteiger partial charge on any atom is -0.300 e. The van der Waals surface area contributed by atoms with Crippen LogP contribution in [0.15, 0.2) is 0 Å². The molecular formula is C8H14N4O. The number of Topliss-reactive ketones (excluding diaryl/α,β-unsaturated/α-hetero) is 1. The van der Waals surface area contributed by atoms with Crippen molar-refractivity contribution in [3.8, 4) is 0 Å². The third kappa shape index (κ3) is 3.31. The van der Waals surface area contributed by atoms with Gasteiger partial charge in [0, 0.05) is 0 Å². The second-order valence-electron chi connectivity index (χ2n) is 3.53. The molecule has 0 spiro atoms. The maximum absolute atomic E-state index is 10.7. The first kappa shape index (κ1) is 9.83. The summed E-state index contributed by atoms with van der Waals surface area (Å²) in [4.78, 5) is 12.3. The van der Waals surface area contributed by atoms with Gasteiger partial charge < -0.3 is 0 Å². The molecule has 0 bridgehead atoms. The van der Waals surface area contributed by atoms with Gasteiger partial charge in [-0.3, -0.25) is 4.79 Å². The predicted molar refractivity (Wildman–Crippen MR) is 47.0 cm³/mol. The van der Waals surface area contributed by atoms with Crippen LogP contribution < -0.4 is 0 Å². The van der Waals surface area contributed by atoms with E-state index in [2.05, 4.69) is 29.3 Å². The van der Waals surface area contributed by atoms with E-state index >= 15 is 0 Å². The van der Waals surface area contributed by atoms with Crippen LogP contribution in [0, 0.1) is 5.92 Å². The zero-order valence-corrected chi connectivity index (χ0v) is 8.19. The summed E-state index contributed by atoms with van der Waals surface area (Å²) in [5.74, 6) is 1.05. The van der Waals surface area contributed by atoms with Crippen LogP contribution in [-0.4, -0.2) is 26.0 Å². The molecule has 1 aromatic heterocycles. The molecular weight excluding hydrogens is 168 g/mol. The molecule has 0 amide bonds. The number of carbonyl (C=O) groups is 1. The van der Waals surface area contributed by atoms with Gasteiger partial charge in [0.05, 0.1) is 13.0 Å². The molecule has 0 saturated heterocycles. The lowest BCUT2D eigenvalue weighted by molar-refractivity contribution is -0.116. The summed E-state index contributed by atoms with van der Waals surface area (Å²) >= 11 is 0. The van der Waals surface area contributed by atoms with E-state index in [0.717, 1.165) is 6.54 Å². The number of hydrogen-bond acceptors (Lipinski definition) is 4. The summed E-state index contributed by atoms with van der Waals surface area (Å²) in [6, 6.07) is 0. The molecule has 0 aliphatic rings. The maximum Gasteiger partial charge on any atom is 0.182 e. The fourth-order valence-electron chi connectivity index (χ4n) is 0.974. The Hall–Kier alpha value is -1.26. The molecule has 5 heteroatoms. The van der Waals surface area contributed by atoms with E-state index in [1.165, 1.54) is 11.7 Å². The van der Waals surface area contributed by atoms with Crippen molar-refractivity contribution < 1.29 is 4.79 Å². The maximum atomic E-state index is 10.7. The van der Waals surface area contributed by atoms with Crippen molar-refractivity contribution in [2.75, 3.05) is 0 Å². The Kier molecular flexibility index (Phi) is 3.11. The molecule has 13 heavy (non-hydrogen) atoms. The van der Waals surface area contributed by atoms with Crippen molar-refractivity contribution in [1.82, 2.24) is 20.2 Å². The number of carbonyl (C=O) groups excluding carboxylic acids is 1. The van der Waals surface area contributed by atoms with Crippen molar-refractivity contribution in [1.29, 1.82) is 0 Å². The fourth-order valence-corrected chi connectivity index (χ4v) is 0.974. The van der Waals surface area contributed by atoms with Gasteiger partial charge in [-0.05, 0) is 18.1 Å². The largest absolute Gasteiger partial charge is 0.300 e. The van der Waals surface area contributed by atoms with E-state index in [4.69, 9.17) is 0 Å². The molecule has 0 radical (unpaired) electrons. The lowest BCUT2D eigenvalue weighted by atomic mass is 10.2. The average molecular weight is 182 g/mol. The van der Waals surface area contributed by atoms with Gasteiger partial charge >= 0.3 is 0 Å². The predicted octanol–water partition coefficient (Wildman–Crippen LogP) is 0.461. The first-order chi connectivity index (χ1) is 6.08. The molecule has 1 aromatic rings. The minimum atomic E-state index is 0.0593. The Bertz CT molecular complexity index is 292. The smallest absolute Gasteiger partial charge is 0.182 e. The van der Waals surface area contributed by atoms with Gasteiger partial charge in [0.15, 0.2) is 5.82 Å². The highest BCUT2D eigenvalue weighted by atomic mass is 16.1. The minimum absolute atomic E-state index is 0.0593. The van der Waals surface area contributed by atoms with Gasteiger partial charge in [-0.15, -0.1) is 10.2 Å². The average Bonchev–Trinajstić information content (AvgIpc) is 2.33. The van der Waals surface area contributed by atoms with E-state index in [-0.39, 0.29) is 12.2 Å². The van der Waals surface area contributed by atoms with Crippen LogP contribution >= 0.6 is 0 Å². The van der Waals surface area contributed by atoms with Crippen LogP contribution in [0.2, 0.25) is 0 Å². The molecule has 1 rings (SSSR count). The second kappa shape index (κ2) is 4.11. The lowest BCUT2D eigenvalue weighted by Gasteiger charge is -1.99. The summed E-state index contributed by atoms with van der Waals surface area (Å²) in [7, 11) is 0. The Morgan fingerprint density at radius 2 is 2.23 bits per heavy atom. The molecule has 5 nitrogen and oxygen atoms in total. The molecule has 0 unspecified atom stereocenters. The van der Waals surface area contributed by atoms with Crippen LogP contribution in [-0.2, 0) is 17.8 Å². The first-order valence-electron chi connectivity index (χ1n) is 4.34. The Morgan fingerprint density at radius 3 is 2.77 bits per heavy atom. The number of rotatable bonds is 4. The van der Waals surface area contributed by atoms with Crippen LogP contribution in [0.5, 0.6) is 0 Å². The second-order valence-corrected chi connectivity index (χ2v) is 3.53. The van der Waals surface area contributed by atoms with Gasteiger partial charge in [-0.1, -0.05) is 13.8 Å². The Morgan fingerprint density at radius 1 is 1.54 bits per heavy atom. The van der Waals surface area contributed by atoms with Crippen molar-refractivity contribution in [3.05, 3.63) is 5.82 Å². The lowest BCUT2D eigenvalue weighted by Crippen LogP contribution is -2.08. The monoisotopic (exact) mass is 182 g/mol. The first-order valence-corrected chi connectivity index (χ1v) is 4.34.